The van der Waals surface area contributed by atoms with Crippen LogP contribution < -0.4 is 0 Å². The first-order chi connectivity index (χ1) is 3.06. The largest absolute Gasteiger partial charge is 0.481 e. The second-order valence-corrected chi connectivity index (χ2v) is 6.93. The summed E-state index contributed by atoms with van der Waals surface area (Å²) in [7, 11) is 0.557. The van der Waals surface area contributed by atoms with Gasteiger partial charge in [-0.25, -0.2) is 0 Å². The van der Waals surface area contributed by atoms with Crippen LogP contribution in [0.4, 0.5) is 0 Å². The monoisotopic (exact) mass is 115 g/mol. The van der Waals surface area contributed by atoms with Crippen LogP contribution >= 0.6 is 0 Å². The minimum absolute atomic E-state index is 1.21. The molecule has 0 bridgehead atoms. The van der Waals surface area contributed by atoms with Gasteiger partial charge in [-0.2, -0.15) is 0 Å². The fourth-order valence-electron chi connectivity index (χ4n) is 0.354. The van der Waals surface area contributed by atoms with Gasteiger partial charge >= 0.3 is 0 Å². The molecular formula is C4H12BOSi. The van der Waals surface area contributed by atoms with Crippen LogP contribution in [0.1, 0.15) is 0 Å². The van der Waals surface area contributed by atoms with Gasteiger partial charge in [-0.3, -0.25) is 0 Å². The van der Waals surface area contributed by atoms with Crippen molar-refractivity contribution < 1.29 is 4.34 Å². The molecule has 0 fully saturated rings. The average Bonchev–Trinajstić information content (AvgIpc) is 1.30. The molecule has 41 valence electrons. The number of hydrogen-bond donors (Lipinski definition) is 0. The van der Waals surface area contributed by atoms with E-state index in [1.165, 1.54) is 0 Å². The van der Waals surface area contributed by atoms with Gasteiger partial charge in [0.2, 0.25) is 0 Å². The van der Waals surface area contributed by atoms with Gasteiger partial charge < -0.3 is 4.34 Å². The zero-order chi connectivity index (χ0) is 5.91. The second-order valence-electron chi connectivity index (χ2n) is 2.47. The third-order valence-corrected chi connectivity index (χ3v) is 1.41. The molecule has 0 unspecified atom stereocenters. The maximum atomic E-state index is 5.24. The van der Waals surface area contributed by atoms with Gasteiger partial charge in [0.1, 0.15) is 0 Å². The molecule has 0 spiro atoms. The van der Waals surface area contributed by atoms with Gasteiger partial charge in [-0.15, -0.1) is 0 Å². The number of rotatable bonds is 2. The highest BCUT2D eigenvalue weighted by Crippen LogP contribution is 1.99. The highest BCUT2D eigenvalue weighted by Gasteiger charge is 2.10. The summed E-state index contributed by atoms with van der Waals surface area (Å²) in [6.45, 7) is 8.39. The van der Waals surface area contributed by atoms with Gasteiger partial charge in [0.15, 0.2) is 8.32 Å². The van der Waals surface area contributed by atoms with E-state index in [9.17, 15) is 0 Å². The van der Waals surface area contributed by atoms with E-state index in [1.807, 2.05) is 6.82 Å². The van der Waals surface area contributed by atoms with E-state index >= 15 is 0 Å². The normalized spacial score (nSPS) is 11.4. The van der Waals surface area contributed by atoms with Crippen molar-refractivity contribution in [1.82, 2.24) is 0 Å². The van der Waals surface area contributed by atoms with Gasteiger partial charge in [-0.05, 0) is 19.6 Å². The van der Waals surface area contributed by atoms with Crippen LogP contribution in [-0.2, 0) is 4.34 Å². The van der Waals surface area contributed by atoms with E-state index in [-0.39, 0.29) is 0 Å². The van der Waals surface area contributed by atoms with E-state index in [0.29, 0.717) is 0 Å². The molecule has 1 radical (unpaired) electrons. The molecule has 1 nitrogen and oxygen atoms in total. The Labute approximate surface area is 47.5 Å². The fourth-order valence-corrected chi connectivity index (χ4v) is 1.06. The van der Waals surface area contributed by atoms with Crippen LogP contribution in [0.3, 0.4) is 0 Å². The Bertz CT molecular complexity index is 50.1. The Morgan fingerprint density at radius 2 is 1.71 bits per heavy atom. The fraction of sp³-hybridized carbons (Fsp3) is 1.00. The summed E-state index contributed by atoms with van der Waals surface area (Å²) in [5.74, 6) is 0. The molecule has 3 heteroatoms. The third kappa shape index (κ3) is 6.24. The van der Waals surface area contributed by atoms with Crippen LogP contribution in [0.2, 0.25) is 26.5 Å². The molecule has 0 atom stereocenters. The predicted octanol–water partition coefficient (Wildman–Crippen LogP) is 1.51. The quantitative estimate of drug-likeness (QED) is 0.495. The van der Waals surface area contributed by atoms with Crippen molar-refractivity contribution in [2.24, 2.45) is 0 Å². The molecule has 0 saturated carbocycles. The maximum Gasteiger partial charge on any atom is 0.274 e. The zero-order valence-corrected chi connectivity index (χ0v) is 6.49. The van der Waals surface area contributed by atoms with Crippen LogP contribution in [0, 0.1) is 0 Å². The van der Waals surface area contributed by atoms with E-state index in [2.05, 4.69) is 19.6 Å². The van der Waals surface area contributed by atoms with Gasteiger partial charge in [0.25, 0.3) is 7.48 Å². The van der Waals surface area contributed by atoms with Crippen LogP contribution in [0.25, 0.3) is 0 Å². The van der Waals surface area contributed by atoms with E-state index in [1.54, 1.807) is 7.48 Å². The lowest BCUT2D eigenvalue weighted by Crippen LogP contribution is -2.26. The van der Waals surface area contributed by atoms with E-state index in [4.69, 9.17) is 4.34 Å². The van der Waals surface area contributed by atoms with Crippen molar-refractivity contribution >= 4 is 15.8 Å². The summed E-state index contributed by atoms with van der Waals surface area (Å²) in [6, 6.07) is 0. The predicted molar refractivity (Wildman–Crippen MR) is 36.0 cm³/mol. The molecule has 0 saturated heterocycles. The molecule has 0 N–H and O–H groups in total. The summed E-state index contributed by atoms with van der Waals surface area (Å²) in [4.78, 5) is 0. The number of hydrogen-bond acceptors (Lipinski definition) is 1. The third-order valence-electron chi connectivity index (χ3n) is 0.471. The summed E-state index contributed by atoms with van der Waals surface area (Å²) in [6.07, 6.45) is 0. The van der Waals surface area contributed by atoms with Crippen LogP contribution in [0.5, 0.6) is 0 Å². The first-order valence-electron chi connectivity index (χ1n) is 2.52. The highest BCUT2D eigenvalue weighted by molar-refractivity contribution is 6.73. The maximum absolute atomic E-state index is 5.24. The summed E-state index contributed by atoms with van der Waals surface area (Å²) in [5.41, 5.74) is 0. The van der Waals surface area contributed by atoms with Crippen molar-refractivity contribution in [2.75, 3.05) is 0 Å². The van der Waals surface area contributed by atoms with Crippen molar-refractivity contribution in [3.05, 3.63) is 0 Å². The molecule has 0 aliphatic rings. The van der Waals surface area contributed by atoms with Crippen LogP contribution in [-0.4, -0.2) is 15.8 Å². The Kier molecular flexibility index (Phi) is 2.61. The average molecular weight is 115 g/mol. The summed E-state index contributed by atoms with van der Waals surface area (Å²) >= 11 is 0. The standard InChI is InChI=1S/C4H12BOSi/c1-5-6-7(2,3)4/h1-4H3. The molecule has 0 rings (SSSR count). The van der Waals surface area contributed by atoms with Gasteiger partial charge in [0.05, 0.1) is 0 Å². The Balaban J connectivity index is 3.15. The minimum atomic E-state index is -1.21. The zero-order valence-electron chi connectivity index (χ0n) is 5.49. The Morgan fingerprint density at radius 1 is 1.29 bits per heavy atom. The lowest BCUT2D eigenvalue weighted by Gasteiger charge is -2.14. The molecular weight excluding hydrogens is 103 g/mol. The molecule has 7 heavy (non-hydrogen) atoms. The molecule has 0 aromatic heterocycles. The summed E-state index contributed by atoms with van der Waals surface area (Å²) in [5, 5.41) is 0. The smallest absolute Gasteiger partial charge is 0.274 e. The van der Waals surface area contributed by atoms with E-state index < -0.39 is 8.32 Å². The van der Waals surface area contributed by atoms with Crippen molar-refractivity contribution in [1.29, 1.82) is 0 Å². The highest BCUT2D eigenvalue weighted by atomic mass is 28.4. The van der Waals surface area contributed by atoms with Crippen LogP contribution in [0.15, 0.2) is 0 Å². The van der Waals surface area contributed by atoms with Gasteiger partial charge in [0, 0.05) is 0 Å². The lowest BCUT2D eigenvalue weighted by molar-refractivity contribution is 0.603. The first kappa shape index (κ1) is 7.24. The minimum Gasteiger partial charge on any atom is -0.481 e. The Morgan fingerprint density at radius 3 is 1.71 bits per heavy atom. The molecule has 0 amide bonds. The first-order valence-corrected chi connectivity index (χ1v) is 5.93. The SMILES string of the molecule is C[B]O[Si](C)(C)C. The summed E-state index contributed by atoms with van der Waals surface area (Å²) < 4.78 is 5.24. The molecule has 0 heterocycles. The van der Waals surface area contributed by atoms with Crippen molar-refractivity contribution in [3.8, 4) is 0 Å². The van der Waals surface area contributed by atoms with Gasteiger partial charge in [-0.1, -0.05) is 6.82 Å². The van der Waals surface area contributed by atoms with Crippen molar-refractivity contribution in [3.63, 3.8) is 0 Å². The molecule has 0 aromatic carbocycles. The second kappa shape index (κ2) is 2.52. The topological polar surface area (TPSA) is 9.23 Å². The molecule has 0 aliphatic heterocycles. The van der Waals surface area contributed by atoms with E-state index in [0.717, 1.165) is 0 Å². The van der Waals surface area contributed by atoms with Crippen molar-refractivity contribution in [2.45, 2.75) is 26.5 Å². The molecule has 0 aromatic rings. The molecule has 0 aliphatic carbocycles. The lowest BCUT2D eigenvalue weighted by atomic mass is 10.1. The Hall–Kier alpha value is 0.242.